The fourth-order valence-electron chi connectivity index (χ4n) is 5.31. The van der Waals surface area contributed by atoms with Gasteiger partial charge in [0.1, 0.15) is 11.8 Å². The van der Waals surface area contributed by atoms with Crippen LogP contribution in [0.3, 0.4) is 0 Å². The summed E-state index contributed by atoms with van der Waals surface area (Å²) in [4.78, 5) is 66.1. The number of unbranched alkanes of at least 4 members (excludes halogenated alkanes) is 1. The predicted molar refractivity (Wildman–Crippen MR) is 246 cm³/mol. The third-order valence-electron chi connectivity index (χ3n) is 8.81. The number of hydrogen-bond donors (Lipinski definition) is 5. The number of amides is 5. The minimum absolute atomic E-state index is 0.137. The number of carbonyl (C=O) groups is 5. The summed E-state index contributed by atoms with van der Waals surface area (Å²) in [6.07, 6.45) is 14.6. The second kappa shape index (κ2) is 30.7. The number of aromatic nitrogens is 1. The zero-order chi connectivity index (χ0) is 45.4. The zero-order valence-corrected chi connectivity index (χ0v) is 36.2. The second-order valence-electron chi connectivity index (χ2n) is 13.8. The molecule has 0 aliphatic rings. The number of carbonyl (C=O) groups excluding carboxylic acids is 5. The van der Waals surface area contributed by atoms with E-state index >= 15 is 0 Å². The van der Waals surface area contributed by atoms with Gasteiger partial charge in [-0.25, -0.2) is 0 Å². The van der Waals surface area contributed by atoms with E-state index in [1.54, 1.807) is 24.5 Å². The first-order chi connectivity index (χ1) is 30.1. The van der Waals surface area contributed by atoms with Crippen LogP contribution >= 0.6 is 0 Å². The fraction of sp³-hybridized carbons (Fsp3) is 0.280. The van der Waals surface area contributed by atoms with E-state index in [0.717, 1.165) is 41.5 Å². The summed E-state index contributed by atoms with van der Waals surface area (Å²) in [7, 11) is 0. The number of terminal acetylenes is 1. The van der Waals surface area contributed by atoms with Crippen molar-refractivity contribution in [2.75, 3.05) is 32.8 Å². The van der Waals surface area contributed by atoms with Gasteiger partial charge in [-0.1, -0.05) is 123 Å². The normalized spacial score (nSPS) is 10.2. The zero-order valence-electron chi connectivity index (χ0n) is 36.2. The number of aryl methyl sites for hydroxylation is 3. The molecule has 5 rings (SSSR count). The minimum Gasteiger partial charge on any atom is -0.484 e. The molecule has 4 aromatic carbocycles. The molecule has 0 aliphatic carbocycles. The Labute approximate surface area is 366 Å². The number of benzene rings is 4. The lowest BCUT2D eigenvalue weighted by atomic mass is 10.00. The van der Waals surface area contributed by atoms with Crippen LogP contribution in [0.2, 0.25) is 0 Å². The van der Waals surface area contributed by atoms with Gasteiger partial charge in [0.05, 0.1) is 19.6 Å². The summed E-state index contributed by atoms with van der Waals surface area (Å²) in [6.45, 7) is 7.43. The molecule has 0 fully saturated rings. The topological polar surface area (TPSA) is 168 Å². The Morgan fingerprint density at radius 3 is 1.68 bits per heavy atom. The lowest BCUT2D eigenvalue weighted by Gasteiger charge is -2.19. The van der Waals surface area contributed by atoms with Gasteiger partial charge in [0.2, 0.25) is 23.6 Å². The van der Waals surface area contributed by atoms with Crippen LogP contribution < -0.4 is 31.3 Å². The van der Waals surface area contributed by atoms with Gasteiger partial charge in [-0.2, -0.15) is 0 Å². The number of nitrogens with zero attached hydrogens (tertiary/aromatic N) is 1. The molecule has 12 nitrogen and oxygen atoms in total. The first-order valence-corrected chi connectivity index (χ1v) is 20.5. The summed E-state index contributed by atoms with van der Waals surface area (Å²) in [5.41, 5.74) is 6.54. The van der Waals surface area contributed by atoms with Crippen molar-refractivity contribution < 1.29 is 28.7 Å². The largest absolute Gasteiger partial charge is 0.484 e. The number of rotatable bonds is 18. The Morgan fingerprint density at radius 1 is 0.581 bits per heavy atom. The Bertz CT molecular complexity index is 2060. The lowest BCUT2D eigenvalue weighted by molar-refractivity contribution is -0.131. The first-order valence-electron chi connectivity index (χ1n) is 20.5. The van der Waals surface area contributed by atoms with Gasteiger partial charge >= 0.3 is 0 Å². The minimum atomic E-state index is -1.04. The number of ether oxygens (including phenoxy) is 1. The quantitative estimate of drug-likeness (QED) is 0.0540. The molecule has 326 valence electrons. The molecule has 1 atom stereocenters. The molecule has 5 aromatic rings. The summed E-state index contributed by atoms with van der Waals surface area (Å²) < 4.78 is 5.44. The van der Waals surface area contributed by atoms with Crippen molar-refractivity contribution in [3.8, 4) is 29.7 Å². The highest BCUT2D eigenvalue weighted by Crippen LogP contribution is 2.20. The van der Waals surface area contributed by atoms with E-state index in [4.69, 9.17) is 4.74 Å². The van der Waals surface area contributed by atoms with Gasteiger partial charge < -0.3 is 31.3 Å². The van der Waals surface area contributed by atoms with Gasteiger partial charge in [-0.3, -0.25) is 29.0 Å². The highest BCUT2D eigenvalue weighted by Gasteiger charge is 2.22. The van der Waals surface area contributed by atoms with Crippen molar-refractivity contribution >= 4 is 29.5 Å². The molecular formula is C50H60N6O6. The Kier molecular flexibility index (Phi) is 25.2. The number of hydrogen-bond acceptors (Lipinski definition) is 7. The summed E-state index contributed by atoms with van der Waals surface area (Å²) in [5, 5.41) is 12.8. The smallest absolute Gasteiger partial charge is 0.258 e. The van der Waals surface area contributed by atoms with E-state index in [2.05, 4.69) is 75.6 Å². The Balaban J connectivity index is 0.000000642. The molecule has 1 aromatic heterocycles. The van der Waals surface area contributed by atoms with Crippen LogP contribution in [0.1, 0.15) is 48.9 Å². The molecule has 12 heteroatoms. The maximum absolute atomic E-state index is 13.1. The van der Waals surface area contributed by atoms with Crippen molar-refractivity contribution in [2.24, 2.45) is 0 Å². The van der Waals surface area contributed by atoms with Gasteiger partial charge in [-0.05, 0) is 78.8 Å². The lowest BCUT2D eigenvalue weighted by Crippen LogP contribution is -2.52. The van der Waals surface area contributed by atoms with Crippen LogP contribution in [0.4, 0.5) is 0 Å². The number of nitrogens with one attached hydrogen (secondary N) is 5. The SMILES string of the molecule is C#C.CCCCNC(=O)CNC(=O)CNC(=O)[C@@H](Cc1ccc(-c2ccccc2)cc1)NC(=O)CNC(=O)COc1ccc(C)cc1.CCc1ccccc1.Cc1ccncc1. The molecule has 0 radical (unpaired) electrons. The van der Waals surface area contributed by atoms with Crippen LogP contribution in [-0.2, 0) is 36.8 Å². The van der Waals surface area contributed by atoms with Crippen LogP contribution in [0.25, 0.3) is 11.1 Å². The Morgan fingerprint density at radius 2 is 1.11 bits per heavy atom. The van der Waals surface area contributed by atoms with Crippen LogP contribution in [0.5, 0.6) is 5.75 Å². The average molecular weight is 841 g/mol. The molecule has 0 spiro atoms. The standard InChI is InChI=1S/C34H41N5O6.C8H10.C6H7N.C2H2/c1-3-4-18-35-30(40)20-36-31(41)21-38-34(44)29(19-25-12-14-27(15-13-25)26-8-6-5-7-9-26)39-32(42)22-37-33(43)23-45-28-16-10-24(2)11-17-28;1-2-8-6-4-3-5-7-8;1-6-2-4-7-5-3-6;1-2/h5-17,29H,3-4,18-23H2,1-2H3,(H,35,40)(H,36,41)(H,37,43)(H,38,44)(H,39,42);3-7H,2H2,1H3;2-5H,1H3;1-2H/t29-;;;/m1.../s1. The van der Waals surface area contributed by atoms with Crippen molar-refractivity contribution in [3.63, 3.8) is 0 Å². The summed E-state index contributed by atoms with van der Waals surface area (Å²) in [6, 6.07) is 38.0. The van der Waals surface area contributed by atoms with E-state index < -0.39 is 29.7 Å². The van der Waals surface area contributed by atoms with Crippen LogP contribution in [0, 0.1) is 26.7 Å². The van der Waals surface area contributed by atoms with E-state index in [1.165, 1.54) is 11.1 Å². The maximum Gasteiger partial charge on any atom is 0.258 e. The average Bonchev–Trinajstić information content (AvgIpc) is 3.31. The first kappa shape index (κ1) is 50.9. The molecule has 1 heterocycles. The van der Waals surface area contributed by atoms with E-state index in [-0.39, 0.29) is 38.6 Å². The molecule has 0 unspecified atom stereocenters. The molecule has 5 amide bonds. The van der Waals surface area contributed by atoms with Crippen LogP contribution in [0.15, 0.2) is 134 Å². The van der Waals surface area contributed by atoms with Crippen LogP contribution in [-0.4, -0.2) is 73.3 Å². The van der Waals surface area contributed by atoms with Gasteiger partial charge in [-0.15, -0.1) is 12.8 Å². The van der Waals surface area contributed by atoms with E-state index in [0.29, 0.717) is 12.3 Å². The maximum atomic E-state index is 13.1. The van der Waals surface area contributed by atoms with Gasteiger partial charge in [0, 0.05) is 25.4 Å². The molecule has 5 N–H and O–H groups in total. The molecule has 0 bridgehead atoms. The molecule has 0 saturated carbocycles. The fourth-order valence-corrected chi connectivity index (χ4v) is 5.31. The number of pyridine rings is 1. The van der Waals surface area contributed by atoms with Crippen molar-refractivity contribution in [1.82, 2.24) is 31.6 Å². The highest BCUT2D eigenvalue weighted by atomic mass is 16.5. The highest BCUT2D eigenvalue weighted by molar-refractivity contribution is 5.93. The third-order valence-corrected chi connectivity index (χ3v) is 8.81. The van der Waals surface area contributed by atoms with E-state index in [9.17, 15) is 24.0 Å². The second-order valence-corrected chi connectivity index (χ2v) is 13.8. The van der Waals surface area contributed by atoms with Crippen molar-refractivity contribution in [1.29, 1.82) is 0 Å². The molecular weight excluding hydrogens is 781 g/mol. The molecule has 0 saturated heterocycles. The van der Waals surface area contributed by atoms with E-state index in [1.807, 2.05) is 106 Å². The molecule has 0 aliphatic heterocycles. The van der Waals surface area contributed by atoms with Crippen molar-refractivity contribution in [3.05, 3.63) is 156 Å². The van der Waals surface area contributed by atoms with Gasteiger partial charge in [0.15, 0.2) is 6.61 Å². The monoisotopic (exact) mass is 840 g/mol. The summed E-state index contributed by atoms with van der Waals surface area (Å²) in [5.74, 6) is -2.03. The van der Waals surface area contributed by atoms with Crippen molar-refractivity contribution in [2.45, 2.75) is 59.4 Å². The predicted octanol–water partition coefficient (Wildman–Crippen LogP) is 5.92. The van der Waals surface area contributed by atoms with Gasteiger partial charge in [0.25, 0.3) is 5.91 Å². The Hall–Kier alpha value is -7.26. The molecule has 62 heavy (non-hydrogen) atoms. The third kappa shape index (κ3) is 22.2. The summed E-state index contributed by atoms with van der Waals surface area (Å²) >= 11 is 0.